The number of para-hydroxylation sites is 2. The summed E-state index contributed by atoms with van der Waals surface area (Å²) in [5.74, 6) is 1.76. The molecule has 0 bridgehead atoms. The minimum Gasteiger partial charge on any atom is -0.432 e. The number of aryl methyl sites for hydroxylation is 2. The van der Waals surface area contributed by atoms with Gasteiger partial charge in [-0.25, -0.2) is 0 Å². The highest BCUT2D eigenvalue weighted by molar-refractivity contribution is 7.80. The van der Waals surface area contributed by atoms with Gasteiger partial charge in [0.1, 0.15) is 11.5 Å². The monoisotopic (exact) mass is 598 g/mol. The number of nitrogens with two attached hydrogens (primary N) is 1. The van der Waals surface area contributed by atoms with Gasteiger partial charge in [-0.1, -0.05) is 109 Å². The molecular formula is C35H54N2O2S2. The van der Waals surface area contributed by atoms with Crippen molar-refractivity contribution in [2.24, 2.45) is 5.73 Å². The topological polar surface area (TPSA) is 47.7 Å². The van der Waals surface area contributed by atoms with E-state index >= 15 is 0 Å². The van der Waals surface area contributed by atoms with Gasteiger partial charge in [-0.3, -0.25) is 0 Å². The van der Waals surface area contributed by atoms with Crippen LogP contribution in [0.5, 0.6) is 11.5 Å². The third-order valence-electron chi connectivity index (χ3n) is 8.10. The van der Waals surface area contributed by atoms with E-state index in [1.165, 1.54) is 94.6 Å². The van der Waals surface area contributed by atoms with E-state index in [9.17, 15) is 0 Å². The maximum Gasteiger partial charge on any atom is 0.265 e. The lowest BCUT2D eigenvalue weighted by Gasteiger charge is -2.42. The molecular weight excluding hydrogens is 545 g/mol. The lowest BCUT2D eigenvalue weighted by Crippen LogP contribution is -2.49. The fraction of sp³-hybridized carbons (Fsp3) is 0.600. The van der Waals surface area contributed by atoms with Gasteiger partial charge in [-0.05, 0) is 99.1 Å². The van der Waals surface area contributed by atoms with Crippen molar-refractivity contribution in [3.63, 3.8) is 0 Å². The molecule has 0 aromatic heterocycles. The minimum absolute atomic E-state index is 0. The number of hydrogen-bond acceptors (Lipinski definition) is 4. The van der Waals surface area contributed by atoms with Crippen molar-refractivity contribution in [2.45, 2.75) is 136 Å². The smallest absolute Gasteiger partial charge is 0.265 e. The Morgan fingerprint density at radius 3 is 1.54 bits per heavy atom. The van der Waals surface area contributed by atoms with Crippen LogP contribution in [0.1, 0.15) is 122 Å². The summed E-state index contributed by atoms with van der Waals surface area (Å²) in [4.78, 5) is 2.52. The first-order chi connectivity index (χ1) is 19.5. The Morgan fingerprint density at radius 1 is 0.707 bits per heavy atom. The summed E-state index contributed by atoms with van der Waals surface area (Å²) >= 11 is 10.6. The van der Waals surface area contributed by atoms with E-state index in [0.29, 0.717) is 12.1 Å². The molecule has 0 aliphatic heterocycles. The molecule has 0 heterocycles. The maximum absolute atomic E-state index is 6.37. The Balaban J connectivity index is 0.000000334. The van der Waals surface area contributed by atoms with E-state index in [4.69, 9.17) is 39.6 Å². The highest BCUT2D eigenvalue weighted by atomic mass is 32.1. The maximum atomic E-state index is 6.37. The first-order valence-corrected chi connectivity index (χ1v) is 16.5. The van der Waals surface area contributed by atoms with E-state index in [1.807, 2.05) is 24.3 Å². The Labute approximate surface area is 261 Å². The second-order valence-corrected chi connectivity index (χ2v) is 12.0. The molecule has 0 atom stereocenters. The Kier molecular flexibility index (Phi) is 17.0. The van der Waals surface area contributed by atoms with Crippen molar-refractivity contribution in [2.75, 3.05) is 0 Å². The highest BCUT2D eigenvalue weighted by Gasteiger charge is 2.31. The van der Waals surface area contributed by atoms with Gasteiger partial charge < -0.3 is 20.1 Å². The third kappa shape index (κ3) is 11.9. The van der Waals surface area contributed by atoms with Gasteiger partial charge in [0.05, 0.1) is 0 Å². The van der Waals surface area contributed by atoms with Crippen molar-refractivity contribution in [1.29, 1.82) is 0 Å². The van der Waals surface area contributed by atoms with Crippen LogP contribution in [0.4, 0.5) is 0 Å². The van der Waals surface area contributed by atoms with Crippen LogP contribution >= 0.6 is 24.4 Å². The van der Waals surface area contributed by atoms with E-state index in [2.05, 4.69) is 43.0 Å². The van der Waals surface area contributed by atoms with Crippen molar-refractivity contribution in [3.05, 3.63) is 59.7 Å². The number of hydrogen-bond donors (Lipinski definition) is 1. The molecule has 2 saturated carbocycles. The van der Waals surface area contributed by atoms with Crippen LogP contribution in [0.3, 0.4) is 0 Å². The van der Waals surface area contributed by atoms with Crippen molar-refractivity contribution in [1.82, 2.24) is 4.90 Å². The van der Waals surface area contributed by atoms with Crippen LogP contribution in [0.25, 0.3) is 0 Å². The summed E-state index contributed by atoms with van der Waals surface area (Å²) < 4.78 is 11.6. The molecule has 2 fully saturated rings. The van der Waals surface area contributed by atoms with Crippen molar-refractivity contribution >= 4 is 34.8 Å². The molecule has 2 N–H and O–H groups in total. The zero-order valence-corrected chi connectivity index (χ0v) is 26.4. The lowest BCUT2D eigenvalue weighted by molar-refractivity contribution is 0.140. The SMILES string of the molecule is C.CCCCc1ccccc1OC(=S)N(C1CCCCC1)C1CCCCC1.CCCCc1ccccc1OC(N)=S. The molecule has 4 nitrogen and oxygen atoms in total. The predicted octanol–water partition coefficient (Wildman–Crippen LogP) is 9.95. The average Bonchev–Trinajstić information content (AvgIpc) is 2.97. The van der Waals surface area contributed by atoms with Crippen LogP contribution < -0.4 is 15.2 Å². The summed E-state index contributed by atoms with van der Waals surface area (Å²) in [6.07, 6.45) is 20.0. The third-order valence-corrected chi connectivity index (χ3v) is 8.48. The van der Waals surface area contributed by atoms with Gasteiger partial charge >= 0.3 is 0 Å². The van der Waals surface area contributed by atoms with Crippen LogP contribution in [-0.2, 0) is 12.8 Å². The van der Waals surface area contributed by atoms with E-state index < -0.39 is 0 Å². The molecule has 6 heteroatoms. The molecule has 0 unspecified atom stereocenters. The van der Waals surface area contributed by atoms with Crippen molar-refractivity contribution in [3.8, 4) is 11.5 Å². The molecule has 2 aliphatic carbocycles. The van der Waals surface area contributed by atoms with Gasteiger partial charge in [0.2, 0.25) is 0 Å². The van der Waals surface area contributed by atoms with Gasteiger partial charge in [-0.2, -0.15) is 0 Å². The van der Waals surface area contributed by atoms with Crippen LogP contribution in [0.2, 0.25) is 0 Å². The first-order valence-electron chi connectivity index (χ1n) is 15.7. The number of nitrogens with zero attached hydrogens (tertiary/aromatic N) is 1. The molecule has 0 amide bonds. The molecule has 0 radical (unpaired) electrons. The number of ether oxygens (including phenoxy) is 2. The van der Waals surface area contributed by atoms with Crippen LogP contribution in [0, 0.1) is 0 Å². The number of thiocarbonyl (C=S) groups is 2. The molecule has 2 aliphatic rings. The predicted molar refractivity (Wildman–Crippen MR) is 183 cm³/mol. The Morgan fingerprint density at radius 2 is 1.12 bits per heavy atom. The second kappa shape index (κ2) is 19.9. The molecule has 2 aromatic rings. The van der Waals surface area contributed by atoms with Gasteiger partial charge in [-0.15, -0.1) is 0 Å². The first kappa shape index (κ1) is 35.0. The van der Waals surface area contributed by atoms with Crippen LogP contribution in [0.15, 0.2) is 48.5 Å². The summed E-state index contributed by atoms with van der Waals surface area (Å²) in [6.45, 7) is 4.40. The molecule has 0 spiro atoms. The van der Waals surface area contributed by atoms with E-state index in [1.54, 1.807) is 0 Å². The quantitative estimate of drug-likeness (QED) is 0.275. The largest absolute Gasteiger partial charge is 0.432 e. The zero-order valence-electron chi connectivity index (χ0n) is 24.7. The Bertz CT molecular complexity index is 1010. The van der Waals surface area contributed by atoms with E-state index in [-0.39, 0.29) is 12.6 Å². The number of rotatable bonds is 10. The molecule has 228 valence electrons. The normalized spacial score (nSPS) is 15.6. The fourth-order valence-corrected chi connectivity index (χ4v) is 6.40. The summed E-state index contributed by atoms with van der Waals surface area (Å²) in [5, 5.41) is 0.807. The summed E-state index contributed by atoms with van der Waals surface area (Å²) in [6, 6.07) is 17.5. The zero-order chi connectivity index (χ0) is 28.6. The number of unbranched alkanes of at least 4 members (excludes halogenated alkanes) is 2. The van der Waals surface area contributed by atoms with Gasteiger partial charge in [0.25, 0.3) is 10.3 Å². The standard InChI is InChI=1S/C23H35NOS.C11H15NOS.CH4/c1-2-3-12-19-13-10-11-18-22(19)25-23(26)24(20-14-6-4-7-15-20)21-16-8-5-9-17-21;1-2-3-6-9-7-4-5-8-10(9)13-11(12)14;/h10-11,13,18,20-21H,2-9,12,14-17H2,1H3;4-5,7-8H,2-3,6H2,1H3,(H2,12,14);1H4. The lowest BCUT2D eigenvalue weighted by atomic mass is 9.89. The number of benzene rings is 2. The van der Waals surface area contributed by atoms with Gasteiger partial charge in [0, 0.05) is 12.1 Å². The van der Waals surface area contributed by atoms with Gasteiger partial charge in [0.15, 0.2) is 0 Å². The molecule has 41 heavy (non-hydrogen) atoms. The highest BCUT2D eigenvalue weighted by Crippen LogP contribution is 2.32. The molecule has 0 saturated heterocycles. The molecule has 4 rings (SSSR count). The Hall–Kier alpha value is -2.18. The van der Waals surface area contributed by atoms with Crippen molar-refractivity contribution < 1.29 is 9.47 Å². The minimum atomic E-state index is 0. The summed E-state index contributed by atoms with van der Waals surface area (Å²) in [5.41, 5.74) is 7.80. The van der Waals surface area contributed by atoms with E-state index in [0.717, 1.165) is 35.9 Å². The fourth-order valence-electron chi connectivity index (χ4n) is 5.92. The summed E-state index contributed by atoms with van der Waals surface area (Å²) in [7, 11) is 0. The molecule has 2 aromatic carbocycles. The average molecular weight is 599 g/mol. The van der Waals surface area contributed by atoms with Crippen LogP contribution in [-0.4, -0.2) is 27.3 Å². The second-order valence-electron chi connectivity index (χ2n) is 11.2.